The molecule has 1 heterocycles. The molecule has 0 aliphatic rings. The quantitative estimate of drug-likeness (QED) is 0.917. The maximum atomic E-state index is 12.1. The number of hydrogen-bond acceptors (Lipinski definition) is 4. The average molecular weight is 301 g/mol. The standard InChI is InChI=1S/C15H15N3O2S/c1-12(15-6-8-17-9-7-15)18-21(19,20)11-14-4-2-13(10-16)3-5-14/h2-9,12,18H,11H2,1H3. The number of sulfonamides is 1. The van der Waals surface area contributed by atoms with Gasteiger partial charge in [-0.15, -0.1) is 0 Å². The average Bonchev–Trinajstić information content (AvgIpc) is 2.48. The van der Waals surface area contributed by atoms with Gasteiger partial charge in [-0.05, 0) is 42.3 Å². The van der Waals surface area contributed by atoms with Crippen molar-refractivity contribution in [2.45, 2.75) is 18.7 Å². The monoisotopic (exact) mass is 301 g/mol. The molecular formula is C15H15N3O2S. The third-order valence-corrected chi connectivity index (χ3v) is 4.43. The van der Waals surface area contributed by atoms with Gasteiger partial charge in [0.2, 0.25) is 10.0 Å². The molecular weight excluding hydrogens is 286 g/mol. The van der Waals surface area contributed by atoms with E-state index in [9.17, 15) is 8.42 Å². The van der Waals surface area contributed by atoms with E-state index < -0.39 is 10.0 Å². The summed E-state index contributed by atoms with van der Waals surface area (Å²) in [5, 5.41) is 8.72. The lowest BCUT2D eigenvalue weighted by atomic mass is 10.1. The lowest BCUT2D eigenvalue weighted by Gasteiger charge is -2.14. The fourth-order valence-corrected chi connectivity index (χ4v) is 3.32. The van der Waals surface area contributed by atoms with Gasteiger partial charge in [0, 0.05) is 18.4 Å². The molecule has 1 atom stereocenters. The molecule has 0 aliphatic heterocycles. The van der Waals surface area contributed by atoms with E-state index in [0.29, 0.717) is 11.1 Å². The Hall–Kier alpha value is -2.23. The zero-order valence-corrected chi connectivity index (χ0v) is 12.3. The maximum absolute atomic E-state index is 12.1. The van der Waals surface area contributed by atoms with Crippen molar-refractivity contribution in [3.63, 3.8) is 0 Å². The maximum Gasteiger partial charge on any atom is 0.216 e. The Morgan fingerprint density at radius 1 is 1.19 bits per heavy atom. The summed E-state index contributed by atoms with van der Waals surface area (Å²) >= 11 is 0. The largest absolute Gasteiger partial charge is 0.265 e. The van der Waals surface area contributed by atoms with E-state index >= 15 is 0 Å². The Bertz CT molecular complexity index is 735. The van der Waals surface area contributed by atoms with Crippen LogP contribution < -0.4 is 4.72 Å². The Balaban J connectivity index is 2.06. The van der Waals surface area contributed by atoms with Gasteiger partial charge >= 0.3 is 0 Å². The molecule has 0 saturated carbocycles. The highest BCUT2D eigenvalue weighted by atomic mass is 32.2. The number of rotatable bonds is 5. The number of aromatic nitrogens is 1. The second kappa shape index (κ2) is 6.48. The normalized spacial score (nSPS) is 12.6. The predicted octanol–water partition coefficient (Wildman–Crippen LogP) is 2.13. The number of pyridine rings is 1. The van der Waals surface area contributed by atoms with E-state index in [-0.39, 0.29) is 11.8 Å². The van der Waals surface area contributed by atoms with Crippen LogP contribution in [-0.2, 0) is 15.8 Å². The van der Waals surface area contributed by atoms with Gasteiger partial charge in [0.15, 0.2) is 0 Å². The first-order chi connectivity index (χ1) is 10.00. The fourth-order valence-electron chi connectivity index (χ4n) is 1.93. The molecule has 5 nitrogen and oxygen atoms in total. The van der Waals surface area contributed by atoms with E-state index in [0.717, 1.165) is 5.56 Å². The van der Waals surface area contributed by atoms with Gasteiger partial charge in [-0.2, -0.15) is 5.26 Å². The second-order valence-electron chi connectivity index (χ2n) is 4.69. The van der Waals surface area contributed by atoms with Gasteiger partial charge in [-0.3, -0.25) is 4.98 Å². The van der Waals surface area contributed by atoms with E-state index in [2.05, 4.69) is 9.71 Å². The lowest BCUT2D eigenvalue weighted by Crippen LogP contribution is -2.28. The van der Waals surface area contributed by atoms with Crippen LogP contribution in [0, 0.1) is 11.3 Å². The fraction of sp³-hybridized carbons (Fsp3) is 0.200. The van der Waals surface area contributed by atoms with Crippen LogP contribution >= 0.6 is 0 Å². The minimum Gasteiger partial charge on any atom is -0.265 e. The molecule has 1 aromatic carbocycles. The molecule has 21 heavy (non-hydrogen) atoms. The van der Waals surface area contributed by atoms with Gasteiger partial charge in [0.25, 0.3) is 0 Å². The molecule has 0 fully saturated rings. The molecule has 6 heteroatoms. The van der Waals surface area contributed by atoms with E-state index in [1.54, 1.807) is 55.7 Å². The predicted molar refractivity (Wildman–Crippen MR) is 79.6 cm³/mol. The van der Waals surface area contributed by atoms with Crippen molar-refractivity contribution in [3.8, 4) is 6.07 Å². The highest BCUT2D eigenvalue weighted by molar-refractivity contribution is 7.88. The van der Waals surface area contributed by atoms with Gasteiger partial charge in [0.05, 0.1) is 17.4 Å². The first-order valence-electron chi connectivity index (χ1n) is 6.39. The van der Waals surface area contributed by atoms with Crippen molar-refractivity contribution in [1.82, 2.24) is 9.71 Å². The molecule has 0 amide bonds. The lowest BCUT2D eigenvalue weighted by molar-refractivity contribution is 0.566. The summed E-state index contributed by atoms with van der Waals surface area (Å²) in [4.78, 5) is 3.90. The molecule has 1 aromatic heterocycles. The smallest absolute Gasteiger partial charge is 0.216 e. The van der Waals surface area contributed by atoms with Crippen molar-refractivity contribution in [1.29, 1.82) is 5.26 Å². The molecule has 108 valence electrons. The van der Waals surface area contributed by atoms with Crippen molar-refractivity contribution in [2.75, 3.05) is 0 Å². The first-order valence-corrected chi connectivity index (χ1v) is 8.04. The van der Waals surface area contributed by atoms with Gasteiger partial charge in [-0.25, -0.2) is 13.1 Å². The summed E-state index contributed by atoms with van der Waals surface area (Å²) in [6.07, 6.45) is 3.25. The zero-order valence-electron chi connectivity index (χ0n) is 11.5. The molecule has 0 saturated heterocycles. The van der Waals surface area contributed by atoms with Crippen molar-refractivity contribution in [2.24, 2.45) is 0 Å². The minimum atomic E-state index is -3.45. The van der Waals surface area contributed by atoms with Crippen molar-refractivity contribution < 1.29 is 8.42 Å². The molecule has 0 aliphatic carbocycles. The topological polar surface area (TPSA) is 82.9 Å². The van der Waals surface area contributed by atoms with Gasteiger partial charge < -0.3 is 0 Å². The molecule has 0 radical (unpaired) electrons. The molecule has 1 unspecified atom stereocenters. The molecule has 2 rings (SSSR count). The van der Waals surface area contributed by atoms with Gasteiger partial charge in [0.1, 0.15) is 0 Å². The summed E-state index contributed by atoms with van der Waals surface area (Å²) in [6, 6.07) is 11.7. The molecule has 0 spiro atoms. The molecule has 1 N–H and O–H groups in total. The van der Waals surface area contributed by atoms with Crippen LogP contribution in [0.25, 0.3) is 0 Å². The first kappa shape index (κ1) is 15.2. The summed E-state index contributed by atoms with van der Waals surface area (Å²) in [7, 11) is -3.45. The highest BCUT2D eigenvalue weighted by Gasteiger charge is 2.16. The van der Waals surface area contributed by atoms with Crippen LogP contribution in [0.1, 0.15) is 29.7 Å². The van der Waals surface area contributed by atoms with Crippen molar-refractivity contribution in [3.05, 3.63) is 65.5 Å². The third kappa shape index (κ3) is 4.38. The zero-order chi connectivity index (χ0) is 15.3. The summed E-state index contributed by atoms with van der Waals surface area (Å²) < 4.78 is 26.9. The number of benzene rings is 1. The Morgan fingerprint density at radius 3 is 2.38 bits per heavy atom. The number of hydrogen-bond donors (Lipinski definition) is 1. The number of nitriles is 1. The van der Waals surface area contributed by atoms with E-state index in [1.165, 1.54) is 0 Å². The Morgan fingerprint density at radius 2 is 1.81 bits per heavy atom. The van der Waals surface area contributed by atoms with Crippen LogP contribution in [0.2, 0.25) is 0 Å². The summed E-state index contributed by atoms with van der Waals surface area (Å²) in [5.74, 6) is -0.117. The summed E-state index contributed by atoms with van der Waals surface area (Å²) in [5.41, 5.74) is 2.01. The third-order valence-electron chi connectivity index (χ3n) is 3.00. The second-order valence-corrected chi connectivity index (χ2v) is 6.44. The number of nitrogens with one attached hydrogen (secondary N) is 1. The Labute approximate surface area is 124 Å². The highest BCUT2D eigenvalue weighted by Crippen LogP contribution is 2.14. The summed E-state index contributed by atoms with van der Waals surface area (Å²) in [6.45, 7) is 1.78. The van der Waals surface area contributed by atoms with Crippen LogP contribution in [0.4, 0.5) is 0 Å². The van der Waals surface area contributed by atoms with E-state index in [1.807, 2.05) is 6.07 Å². The molecule has 2 aromatic rings. The van der Waals surface area contributed by atoms with E-state index in [4.69, 9.17) is 5.26 Å². The van der Waals surface area contributed by atoms with Crippen LogP contribution in [0.15, 0.2) is 48.8 Å². The van der Waals surface area contributed by atoms with Crippen LogP contribution in [0.3, 0.4) is 0 Å². The van der Waals surface area contributed by atoms with Gasteiger partial charge in [-0.1, -0.05) is 12.1 Å². The molecule has 0 bridgehead atoms. The number of nitrogens with zero attached hydrogens (tertiary/aromatic N) is 2. The Kier molecular flexibility index (Phi) is 4.68. The van der Waals surface area contributed by atoms with Crippen LogP contribution in [-0.4, -0.2) is 13.4 Å². The van der Waals surface area contributed by atoms with Crippen molar-refractivity contribution >= 4 is 10.0 Å². The van der Waals surface area contributed by atoms with Crippen LogP contribution in [0.5, 0.6) is 0 Å². The minimum absolute atomic E-state index is 0.117. The SMILES string of the molecule is CC(NS(=O)(=O)Cc1ccc(C#N)cc1)c1ccncc1.